The normalized spacial score (nSPS) is 20.4. The Bertz CT molecular complexity index is 1230. The number of hydrogen-bond acceptors (Lipinski definition) is 7. The molecule has 9 nitrogen and oxygen atoms in total. The molecule has 4 rings (SSSR count). The van der Waals surface area contributed by atoms with E-state index in [9.17, 15) is 27.2 Å². The number of carbonyl (C=O) groups excluding carboxylic acids is 3. The van der Waals surface area contributed by atoms with Crippen LogP contribution in [0.1, 0.15) is 30.9 Å². The number of benzene rings is 2. The van der Waals surface area contributed by atoms with Gasteiger partial charge in [-0.1, -0.05) is 30.3 Å². The van der Waals surface area contributed by atoms with Crippen LogP contribution in [0.4, 0.5) is 10.1 Å². The topological polar surface area (TPSA) is 122 Å². The van der Waals surface area contributed by atoms with E-state index in [1.807, 2.05) is 0 Å². The summed E-state index contributed by atoms with van der Waals surface area (Å²) in [5, 5.41) is 7.75. The number of ether oxygens (including phenoxy) is 1. The molecule has 0 aromatic heterocycles. The van der Waals surface area contributed by atoms with Gasteiger partial charge in [-0.05, 0) is 30.7 Å². The Balaban J connectivity index is 1.54. The van der Waals surface area contributed by atoms with Gasteiger partial charge in [0.15, 0.2) is 9.84 Å². The number of hydrogen-bond donors (Lipinski definition) is 1. The van der Waals surface area contributed by atoms with Gasteiger partial charge in [-0.15, -0.1) is 0 Å². The quantitative estimate of drug-likeness (QED) is 0.624. The molecule has 2 amide bonds. The van der Waals surface area contributed by atoms with E-state index in [2.05, 4.69) is 10.4 Å². The zero-order chi connectivity index (χ0) is 24.3. The molecular weight excluding hydrogens is 465 g/mol. The molecule has 0 bridgehead atoms. The average Bonchev–Trinajstić information content (AvgIpc) is 3.19. The lowest BCUT2D eigenvalue weighted by Crippen LogP contribution is -2.42. The van der Waals surface area contributed by atoms with E-state index in [1.165, 1.54) is 24.3 Å². The number of rotatable bonds is 6. The monoisotopic (exact) mass is 487 g/mol. The van der Waals surface area contributed by atoms with Crippen LogP contribution >= 0.6 is 0 Å². The van der Waals surface area contributed by atoms with Crippen LogP contribution in [-0.2, 0) is 29.0 Å². The second kappa shape index (κ2) is 9.72. The largest absolute Gasteiger partial charge is 0.443 e. The molecule has 0 spiro atoms. The van der Waals surface area contributed by atoms with E-state index in [0.717, 1.165) is 5.01 Å². The number of sulfone groups is 1. The number of nitrogens with one attached hydrogen (secondary N) is 1. The van der Waals surface area contributed by atoms with Crippen molar-refractivity contribution in [3.63, 3.8) is 0 Å². The lowest BCUT2D eigenvalue weighted by molar-refractivity contribution is -0.148. The number of nitrogens with zero attached hydrogens (tertiary/aromatic N) is 2. The van der Waals surface area contributed by atoms with Crippen molar-refractivity contribution in [3.05, 3.63) is 66.0 Å². The van der Waals surface area contributed by atoms with Gasteiger partial charge in [-0.3, -0.25) is 9.59 Å². The van der Waals surface area contributed by atoms with Gasteiger partial charge in [0.05, 0.1) is 17.5 Å². The summed E-state index contributed by atoms with van der Waals surface area (Å²) in [6.07, 6.45) is -1.11. The Morgan fingerprint density at radius 2 is 1.79 bits per heavy atom. The first-order valence-electron chi connectivity index (χ1n) is 10.6. The number of halogens is 1. The van der Waals surface area contributed by atoms with Gasteiger partial charge in [-0.25, -0.2) is 22.6 Å². The first-order valence-corrected chi connectivity index (χ1v) is 12.5. The predicted molar refractivity (Wildman–Crippen MR) is 121 cm³/mol. The van der Waals surface area contributed by atoms with E-state index in [-0.39, 0.29) is 42.4 Å². The van der Waals surface area contributed by atoms with Crippen molar-refractivity contribution in [1.82, 2.24) is 5.01 Å². The van der Waals surface area contributed by atoms with Crippen molar-refractivity contribution in [3.8, 4) is 0 Å². The maximum absolute atomic E-state index is 13.2. The second-order valence-corrected chi connectivity index (χ2v) is 10.3. The highest BCUT2D eigenvalue weighted by molar-refractivity contribution is 7.91. The minimum Gasteiger partial charge on any atom is -0.443 e. The van der Waals surface area contributed by atoms with Gasteiger partial charge >= 0.3 is 5.97 Å². The molecule has 0 saturated carbocycles. The number of anilines is 1. The molecule has 0 radical (unpaired) electrons. The third-order valence-electron chi connectivity index (χ3n) is 5.53. The fourth-order valence-corrected chi connectivity index (χ4v) is 5.48. The molecule has 2 aromatic carbocycles. The molecule has 2 atom stereocenters. The second-order valence-electron chi connectivity index (χ2n) is 8.03. The molecule has 178 valence electrons. The summed E-state index contributed by atoms with van der Waals surface area (Å²) in [6, 6.07) is 12.8. The Hall–Kier alpha value is -3.60. The van der Waals surface area contributed by atoms with Crippen LogP contribution in [0.2, 0.25) is 0 Å². The highest BCUT2D eigenvalue weighted by Gasteiger charge is 2.38. The molecule has 2 aromatic rings. The molecule has 2 aliphatic heterocycles. The summed E-state index contributed by atoms with van der Waals surface area (Å²) >= 11 is 0. The van der Waals surface area contributed by atoms with Crippen molar-refractivity contribution in [2.45, 2.75) is 31.4 Å². The lowest BCUT2D eigenvalue weighted by Gasteiger charge is -2.27. The number of carbonyl (C=O) groups is 3. The highest BCUT2D eigenvalue weighted by Crippen LogP contribution is 2.25. The van der Waals surface area contributed by atoms with Crippen molar-refractivity contribution in [2.75, 3.05) is 16.8 Å². The van der Waals surface area contributed by atoms with Gasteiger partial charge in [0.25, 0.3) is 5.91 Å². The molecule has 0 unspecified atom stereocenters. The van der Waals surface area contributed by atoms with Gasteiger partial charge < -0.3 is 10.1 Å². The Morgan fingerprint density at radius 1 is 1.09 bits per heavy atom. The molecular formula is C23H22FN3O6S. The third kappa shape index (κ3) is 5.48. The smallest absolute Gasteiger partial charge is 0.355 e. The number of amides is 2. The number of esters is 1. The molecule has 0 aliphatic carbocycles. The summed E-state index contributed by atoms with van der Waals surface area (Å²) < 4.78 is 42.3. The van der Waals surface area contributed by atoms with Crippen LogP contribution < -0.4 is 5.32 Å². The third-order valence-corrected chi connectivity index (χ3v) is 7.28. The van der Waals surface area contributed by atoms with Gasteiger partial charge in [-0.2, -0.15) is 5.10 Å². The summed E-state index contributed by atoms with van der Waals surface area (Å²) in [6.45, 7) is 0. The van der Waals surface area contributed by atoms with Crippen LogP contribution in [0.25, 0.3) is 0 Å². The van der Waals surface area contributed by atoms with E-state index in [4.69, 9.17) is 4.74 Å². The highest BCUT2D eigenvalue weighted by atomic mass is 32.2. The molecule has 34 heavy (non-hydrogen) atoms. The Morgan fingerprint density at radius 3 is 2.44 bits per heavy atom. The summed E-state index contributed by atoms with van der Waals surface area (Å²) in [4.78, 5) is 38.2. The molecule has 1 saturated heterocycles. The minimum atomic E-state index is -3.26. The van der Waals surface area contributed by atoms with Crippen molar-refractivity contribution >= 4 is 39.0 Å². The fraction of sp³-hybridized carbons (Fsp3) is 0.304. The molecule has 2 aliphatic rings. The van der Waals surface area contributed by atoms with Crippen molar-refractivity contribution in [1.29, 1.82) is 0 Å². The Labute approximate surface area is 195 Å². The number of hydrazone groups is 1. The standard InChI is InChI=1S/C23H22FN3O6S/c24-16-6-8-17(9-7-16)25-22(29)21(15-4-2-1-3-5-15)33-23(30)19-10-11-20(28)27(26-19)18-12-13-34(31,32)14-18/h1-9,18,21H,10-14H2,(H,25,29)/t18-,21-/m0/s1. The van der Waals surface area contributed by atoms with Gasteiger partial charge in [0.2, 0.25) is 12.0 Å². The molecule has 1 N–H and O–H groups in total. The van der Waals surface area contributed by atoms with Gasteiger partial charge in [0.1, 0.15) is 11.5 Å². The van der Waals surface area contributed by atoms with Crippen LogP contribution in [-0.4, -0.2) is 54.5 Å². The van der Waals surface area contributed by atoms with Crippen molar-refractivity contribution in [2.24, 2.45) is 5.10 Å². The first-order chi connectivity index (χ1) is 16.2. The molecule has 1 fully saturated rings. The summed E-state index contributed by atoms with van der Waals surface area (Å²) in [7, 11) is -3.26. The maximum atomic E-state index is 13.2. The zero-order valence-corrected chi connectivity index (χ0v) is 18.8. The first kappa shape index (κ1) is 23.6. The predicted octanol–water partition coefficient (Wildman–Crippen LogP) is 2.21. The zero-order valence-electron chi connectivity index (χ0n) is 18.0. The van der Waals surface area contributed by atoms with Gasteiger partial charge in [0, 0.05) is 24.1 Å². The van der Waals surface area contributed by atoms with E-state index < -0.39 is 39.7 Å². The van der Waals surface area contributed by atoms with Crippen LogP contribution in [0.15, 0.2) is 59.7 Å². The van der Waals surface area contributed by atoms with Crippen LogP contribution in [0.3, 0.4) is 0 Å². The molecule has 11 heteroatoms. The van der Waals surface area contributed by atoms with E-state index in [0.29, 0.717) is 11.3 Å². The molecule has 2 heterocycles. The summed E-state index contributed by atoms with van der Waals surface area (Å²) in [5.41, 5.74) is 0.652. The van der Waals surface area contributed by atoms with Crippen LogP contribution in [0.5, 0.6) is 0 Å². The van der Waals surface area contributed by atoms with Crippen molar-refractivity contribution < 1.29 is 31.9 Å². The fourth-order valence-electron chi connectivity index (χ4n) is 3.79. The minimum absolute atomic E-state index is 0.00866. The lowest BCUT2D eigenvalue weighted by atomic mass is 10.1. The Kier molecular flexibility index (Phi) is 6.73. The average molecular weight is 488 g/mol. The van der Waals surface area contributed by atoms with E-state index in [1.54, 1.807) is 30.3 Å². The maximum Gasteiger partial charge on any atom is 0.355 e. The SMILES string of the molecule is O=C(O[C@H](C(=O)Nc1ccc(F)cc1)c1ccccc1)C1=NN([C@H]2CCS(=O)(=O)C2)C(=O)CC1. The summed E-state index contributed by atoms with van der Waals surface area (Å²) in [5.74, 6) is -2.63. The van der Waals surface area contributed by atoms with Crippen LogP contribution in [0, 0.1) is 5.82 Å². The van der Waals surface area contributed by atoms with E-state index >= 15 is 0 Å².